The number of amides is 2. The van der Waals surface area contributed by atoms with Crippen LogP contribution in [0.2, 0.25) is 0 Å². The summed E-state index contributed by atoms with van der Waals surface area (Å²) in [5.74, 6) is 0.585. The molecule has 132 valence electrons. The van der Waals surface area contributed by atoms with Crippen molar-refractivity contribution in [2.24, 2.45) is 5.92 Å². The summed E-state index contributed by atoms with van der Waals surface area (Å²) in [4.78, 5) is 17.3. The SMILES string of the molecule is CN(Cc1ccc([S@](C)=O)cc1)C(=O)NC[C@@H]1CCN(C2CC2)C1. The molecule has 0 spiro atoms. The van der Waals surface area contributed by atoms with Crippen LogP contribution in [0.15, 0.2) is 29.2 Å². The lowest BCUT2D eigenvalue weighted by molar-refractivity contribution is 0.204. The minimum Gasteiger partial charge on any atom is -0.338 e. The molecule has 0 aromatic heterocycles. The Hall–Kier alpha value is -1.40. The summed E-state index contributed by atoms with van der Waals surface area (Å²) in [7, 11) is 0.850. The second-order valence-electron chi connectivity index (χ2n) is 7.02. The molecule has 3 rings (SSSR count). The molecule has 1 aromatic carbocycles. The Bertz CT molecular complexity index is 601. The van der Waals surface area contributed by atoms with Crippen LogP contribution in [-0.2, 0) is 17.3 Å². The van der Waals surface area contributed by atoms with Gasteiger partial charge in [-0.05, 0) is 49.4 Å². The molecule has 2 atom stereocenters. The molecule has 1 aliphatic carbocycles. The second kappa shape index (κ2) is 7.66. The van der Waals surface area contributed by atoms with Crippen LogP contribution >= 0.6 is 0 Å². The number of hydrogen-bond donors (Lipinski definition) is 1. The average molecular weight is 350 g/mol. The summed E-state index contributed by atoms with van der Waals surface area (Å²) in [5, 5.41) is 3.07. The van der Waals surface area contributed by atoms with Crippen LogP contribution in [0.5, 0.6) is 0 Å². The molecule has 6 heteroatoms. The lowest BCUT2D eigenvalue weighted by Crippen LogP contribution is -2.39. The van der Waals surface area contributed by atoms with E-state index in [9.17, 15) is 9.00 Å². The zero-order chi connectivity index (χ0) is 17.1. The fourth-order valence-corrected chi connectivity index (χ4v) is 3.82. The van der Waals surface area contributed by atoms with Gasteiger partial charge in [-0.1, -0.05) is 12.1 Å². The van der Waals surface area contributed by atoms with Crippen LogP contribution < -0.4 is 5.32 Å². The van der Waals surface area contributed by atoms with Crippen LogP contribution in [-0.4, -0.2) is 59.0 Å². The molecule has 0 bridgehead atoms. The van der Waals surface area contributed by atoms with E-state index in [0.29, 0.717) is 12.5 Å². The number of carbonyl (C=O) groups is 1. The Kier molecular flexibility index (Phi) is 5.56. The van der Waals surface area contributed by atoms with Crippen LogP contribution in [0.3, 0.4) is 0 Å². The van der Waals surface area contributed by atoms with Gasteiger partial charge in [0, 0.05) is 54.7 Å². The Labute approximate surface area is 146 Å². The molecule has 24 heavy (non-hydrogen) atoms. The first-order chi connectivity index (χ1) is 11.5. The van der Waals surface area contributed by atoms with Gasteiger partial charge in [-0.25, -0.2) is 4.79 Å². The minimum atomic E-state index is -0.962. The zero-order valence-electron chi connectivity index (χ0n) is 14.5. The number of benzene rings is 1. The highest BCUT2D eigenvalue weighted by atomic mass is 32.2. The first-order valence-electron chi connectivity index (χ1n) is 8.68. The Balaban J connectivity index is 1.42. The van der Waals surface area contributed by atoms with E-state index in [-0.39, 0.29) is 6.03 Å². The summed E-state index contributed by atoms with van der Waals surface area (Å²) in [6.45, 7) is 3.64. The summed E-state index contributed by atoms with van der Waals surface area (Å²) >= 11 is 0. The van der Waals surface area contributed by atoms with E-state index in [4.69, 9.17) is 0 Å². The van der Waals surface area contributed by atoms with E-state index in [1.54, 1.807) is 11.2 Å². The monoisotopic (exact) mass is 349 g/mol. The van der Waals surface area contributed by atoms with Gasteiger partial charge in [0.1, 0.15) is 0 Å². The van der Waals surface area contributed by atoms with Gasteiger partial charge in [-0.15, -0.1) is 0 Å². The van der Waals surface area contributed by atoms with Gasteiger partial charge >= 0.3 is 6.03 Å². The molecule has 0 radical (unpaired) electrons. The summed E-state index contributed by atoms with van der Waals surface area (Å²) < 4.78 is 11.4. The predicted molar refractivity (Wildman–Crippen MR) is 96.3 cm³/mol. The number of nitrogens with one attached hydrogen (secondary N) is 1. The van der Waals surface area contributed by atoms with E-state index < -0.39 is 10.8 Å². The van der Waals surface area contributed by atoms with Gasteiger partial charge in [0.2, 0.25) is 0 Å². The van der Waals surface area contributed by atoms with E-state index in [1.165, 1.54) is 25.8 Å². The number of nitrogens with zero attached hydrogens (tertiary/aromatic N) is 2. The van der Waals surface area contributed by atoms with Crippen molar-refractivity contribution in [3.8, 4) is 0 Å². The van der Waals surface area contributed by atoms with Gasteiger partial charge in [0.05, 0.1) is 0 Å². The first-order valence-corrected chi connectivity index (χ1v) is 10.2. The van der Waals surface area contributed by atoms with E-state index in [2.05, 4.69) is 10.2 Å². The largest absolute Gasteiger partial charge is 0.338 e. The Morgan fingerprint density at radius 1 is 1.29 bits per heavy atom. The van der Waals surface area contributed by atoms with Gasteiger partial charge in [-0.2, -0.15) is 0 Å². The lowest BCUT2D eigenvalue weighted by Gasteiger charge is -2.20. The fourth-order valence-electron chi connectivity index (χ4n) is 3.30. The Morgan fingerprint density at radius 2 is 2.00 bits per heavy atom. The Morgan fingerprint density at radius 3 is 2.62 bits per heavy atom. The number of likely N-dealkylation sites (tertiary alicyclic amines) is 1. The highest BCUT2D eigenvalue weighted by molar-refractivity contribution is 7.84. The first kappa shape index (κ1) is 17.4. The lowest BCUT2D eigenvalue weighted by atomic mass is 10.1. The molecule has 1 saturated carbocycles. The maximum atomic E-state index is 12.3. The highest BCUT2D eigenvalue weighted by Gasteiger charge is 2.34. The number of urea groups is 1. The van der Waals surface area contributed by atoms with Crippen molar-refractivity contribution in [2.75, 3.05) is 32.9 Å². The van der Waals surface area contributed by atoms with Gasteiger partial charge in [-0.3, -0.25) is 4.21 Å². The van der Waals surface area contributed by atoms with Gasteiger partial charge in [0.25, 0.3) is 0 Å². The maximum absolute atomic E-state index is 12.3. The topological polar surface area (TPSA) is 52.7 Å². The molecular formula is C18H27N3O2S. The van der Waals surface area contributed by atoms with Crippen LogP contribution in [0.1, 0.15) is 24.8 Å². The van der Waals surface area contributed by atoms with Crippen molar-refractivity contribution in [1.82, 2.24) is 15.1 Å². The average Bonchev–Trinajstić information content (AvgIpc) is 3.31. The molecule has 1 aromatic rings. The normalized spacial score (nSPS) is 22.3. The smallest absolute Gasteiger partial charge is 0.317 e. The third kappa shape index (κ3) is 4.57. The molecule has 2 amide bonds. The van der Waals surface area contributed by atoms with Gasteiger partial charge in [0.15, 0.2) is 0 Å². The molecule has 2 aliphatic rings. The predicted octanol–water partition coefficient (Wildman–Crippen LogP) is 2.05. The van der Waals surface area contributed by atoms with E-state index >= 15 is 0 Å². The maximum Gasteiger partial charge on any atom is 0.317 e. The minimum absolute atomic E-state index is 0.0250. The van der Waals surface area contributed by atoms with Gasteiger partial charge < -0.3 is 15.1 Å². The summed E-state index contributed by atoms with van der Waals surface area (Å²) in [5.41, 5.74) is 1.04. The summed E-state index contributed by atoms with van der Waals surface area (Å²) in [6, 6.07) is 8.40. The number of rotatable bonds is 6. The molecular weight excluding hydrogens is 322 g/mol. The van der Waals surface area contributed by atoms with Crippen molar-refractivity contribution in [3.05, 3.63) is 29.8 Å². The zero-order valence-corrected chi connectivity index (χ0v) is 15.3. The van der Waals surface area contributed by atoms with Crippen LogP contribution in [0.25, 0.3) is 0 Å². The van der Waals surface area contributed by atoms with Crippen molar-refractivity contribution in [1.29, 1.82) is 0 Å². The third-order valence-electron chi connectivity index (χ3n) is 4.94. The van der Waals surface area contributed by atoms with Crippen molar-refractivity contribution >= 4 is 16.8 Å². The quantitative estimate of drug-likeness (QED) is 0.855. The van der Waals surface area contributed by atoms with Crippen LogP contribution in [0, 0.1) is 5.92 Å². The van der Waals surface area contributed by atoms with Crippen molar-refractivity contribution in [2.45, 2.75) is 36.7 Å². The van der Waals surface area contributed by atoms with Crippen LogP contribution in [0.4, 0.5) is 4.79 Å². The summed E-state index contributed by atoms with van der Waals surface area (Å²) in [6.07, 6.45) is 5.57. The van der Waals surface area contributed by atoms with E-state index in [0.717, 1.165) is 29.6 Å². The number of carbonyl (C=O) groups excluding carboxylic acids is 1. The van der Waals surface area contributed by atoms with E-state index in [1.807, 2.05) is 31.3 Å². The molecule has 1 heterocycles. The van der Waals surface area contributed by atoms with Crippen molar-refractivity contribution in [3.63, 3.8) is 0 Å². The molecule has 0 unspecified atom stereocenters. The number of hydrogen-bond acceptors (Lipinski definition) is 3. The molecule has 1 aliphatic heterocycles. The molecule has 5 nitrogen and oxygen atoms in total. The fraction of sp³-hybridized carbons (Fsp3) is 0.611. The van der Waals surface area contributed by atoms with Crippen molar-refractivity contribution < 1.29 is 9.00 Å². The standard InChI is InChI=1S/C18H27N3O2S/c1-20(12-14-3-7-17(8-4-14)24(2)23)18(22)19-11-15-9-10-21(13-15)16-5-6-16/h3-4,7-8,15-16H,5-6,9-13H2,1-2H3,(H,19,22)/t15-,24-/m0/s1. The molecule has 1 N–H and O–H groups in total. The third-order valence-corrected chi connectivity index (χ3v) is 5.88. The molecule has 2 fully saturated rings. The second-order valence-corrected chi connectivity index (χ2v) is 8.40. The molecule has 1 saturated heterocycles. The highest BCUT2D eigenvalue weighted by Crippen LogP contribution is 2.31.